The molecule has 10 heteroatoms. The van der Waals surface area contributed by atoms with Gasteiger partial charge in [-0.15, -0.1) is 0 Å². The Morgan fingerprint density at radius 1 is 1.00 bits per heavy atom. The third kappa shape index (κ3) is 7.92. The number of carbonyl (C=O) groups excluding carboxylic acids is 2. The Labute approximate surface area is 257 Å². The molecule has 0 aromatic heterocycles. The van der Waals surface area contributed by atoms with Gasteiger partial charge >= 0.3 is 0 Å². The van der Waals surface area contributed by atoms with Crippen LogP contribution in [0.15, 0.2) is 82.2 Å². The minimum Gasteiger partial charge on any atom is -0.497 e. The van der Waals surface area contributed by atoms with Gasteiger partial charge in [0.05, 0.1) is 17.7 Å². The molecule has 0 bridgehead atoms. The molecule has 1 aliphatic rings. The van der Waals surface area contributed by atoms with Crippen LogP contribution in [0.1, 0.15) is 50.2 Å². The van der Waals surface area contributed by atoms with Gasteiger partial charge in [-0.05, 0) is 80.8 Å². The molecule has 3 aromatic rings. The van der Waals surface area contributed by atoms with E-state index in [1.54, 1.807) is 56.5 Å². The van der Waals surface area contributed by atoms with Gasteiger partial charge in [0, 0.05) is 17.1 Å². The number of amides is 2. The summed E-state index contributed by atoms with van der Waals surface area (Å²) in [5.74, 6) is -0.130. The number of ether oxygens (including phenoxy) is 1. The molecule has 1 atom stereocenters. The van der Waals surface area contributed by atoms with Gasteiger partial charge in [-0.1, -0.05) is 65.0 Å². The van der Waals surface area contributed by atoms with Gasteiger partial charge in [0.2, 0.25) is 11.8 Å². The molecule has 0 aliphatic heterocycles. The molecule has 1 N–H and O–H groups in total. The van der Waals surface area contributed by atoms with Gasteiger partial charge in [-0.3, -0.25) is 13.9 Å². The lowest BCUT2D eigenvalue weighted by Crippen LogP contribution is -2.53. The summed E-state index contributed by atoms with van der Waals surface area (Å²) >= 11 is 3.40. The number of aryl methyl sites for hydroxylation is 1. The number of rotatable bonds is 11. The number of methoxy groups -OCH3 is 1. The molecular formula is C32H38BrN3O5S. The van der Waals surface area contributed by atoms with Gasteiger partial charge in [0.15, 0.2) is 0 Å². The monoisotopic (exact) mass is 655 g/mol. The molecule has 1 saturated carbocycles. The molecule has 0 heterocycles. The van der Waals surface area contributed by atoms with Crippen molar-refractivity contribution in [2.45, 2.75) is 69.5 Å². The van der Waals surface area contributed by atoms with E-state index in [-0.39, 0.29) is 23.4 Å². The van der Waals surface area contributed by atoms with Crippen molar-refractivity contribution in [3.63, 3.8) is 0 Å². The number of anilines is 1. The number of nitrogens with zero attached hydrogens (tertiary/aromatic N) is 2. The Bertz CT molecular complexity index is 1470. The smallest absolute Gasteiger partial charge is 0.264 e. The molecule has 2 amide bonds. The Morgan fingerprint density at radius 3 is 2.31 bits per heavy atom. The first-order valence-corrected chi connectivity index (χ1v) is 16.4. The number of hydrogen-bond donors (Lipinski definition) is 1. The van der Waals surface area contributed by atoms with Crippen molar-refractivity contribution in [1.29, 1.82) is 0 Å². The van der Waals surface area contributed by atoms with Gasteiger partial charge in [-0.2, -0.15) is 0 Å². The van der Waals surface area contributed by atoms with Gasteiger partial charge < -0.3 is 15.0 Å². The highest BCUT2D eigenvalue weighted by Crippen LogP contribution is 2.27. The van der Waals surface area contributed by atoms with E-state index in [9.17, 15) is 18.0 Å². The van der Waals surface area contributed by atoms with Gasteiger partial charge in [0.1, 0.15) is 18.3 Å². The summed E-state index contributed by atoms with van der Waals surface area (Å²) in [6, 6.07) is 19.8. The highest BCUT2D eigenvalue weighted by atomic mass is 79.9. The summed E-state index contributed by atoms with van der Waals surface area (Å²) in [7, 11) is -2.55. The van der Waals surface area contributed by atoms with Crippen LogP contribution in [-0.4, -0.2) is 50.9 Å². The second-order valence-corrected chi connectivity index (χ2v) is 13.5. The van der Waals surface area contributed by atoms with Crippen LogP contribution < -0.4 is 14.4 Å². The molecule has 1 unspecified atom stereocenters. The molecule has 4 rings (SSSR count). The first-order valence-electron chi connectivity index (χ1n) is 14.2. The number of nitrogens with one attached hydrogen (secondary N) is 1. The van der Waals surface area contributed by atoms with E-state index >= 15 is 0 Å². The first kappa shape index (κ1) is 31.6. The van der Waals surface area contributed by atoms with E-state index in [0.29, 0.717) is 11.4 Å². The minimum atomic E-state index is -4.11. The Balaban J connectivity index is 1.68. The quantitative estimate of drug-likeness (QED) is 0.281. The van der Waals surface area contributed by atoms with Crippen LogP contribution >= 0.6 is 15.9 Å². The third-order valence-corrected chi connectivity index (χ3v) is 9.93. The fraction of sp³-hybridized carbons (Fsp3) is 0.375. The number of halogens is 1. The predicted octanol–water partition coefficient (Wildman–Crippen LogP) is 5.83. The first-order chi connectivity index (χ1) is 20.1. The Hall–Kier alpha value is -3.37. The zero-order chi connectivity index (χ0) is 30.3. The summed E-state index contributed by atoms with van der Waals surface area (Å²) in [5, 5.41) is 3.12. The molecule has 0 spiro atoms. The summed E-state index contributed by atoms with van der Waals surface area (Å²) in [4.78, 5) is 29.1. The maximum absolute atomic E-state index is 14.1. The van der Waals surface area contributed by atoms with Crippen LogP contribution in [0.4, 0.5) is 5.69 Å². The second kappa shape index (κ2) is 14.2. The highest BCUT2D eigenvalue weighted by Gasteiger charge is 2.33. The minimum absolute atomic E-state index is 0.0728. The van der Waals surface area contributed by atoms with Crippen LogP contribution in [-0.2, 0) is 26.2 Å². The van der Waals surface area contributed by atoms with Crippen molar-refractivity contribution in [2.24, 2.45) is 0 Å². The Morgan fingerprint density at radius 2 is 1.67 bits per heavy atom. The maximum atomic E-state index is 14.1. The normalized spacial score (nSPS) is 14.6. The number of hydrogen-bond acceptors (Lipinski definition) is 5. The van der Waals surface area contributed by atoms with E-state index in [2.05, 4.69) is 21.2 Å². The van der Waals surface area contributed by atoms with Crippen molar-refractivity contribution in [2.75, 3.05) is 18.0 Å². The van der Waals surface area contributed by atoms with Crippen molar-refractivity contribution < 1.29 is 22.7 Å². The van der Waals surface area contributed by atoms with Gasteiger partial charge in [0.25, 0.3) is 10.0 Å². The third-order valence-electron chi connectivity index (χ3n) is 7.61. The maximum Gasteiger partial charge on any atom is 0.264 e. The van der Waals surface area contributed by atoms with Crippen LogP contribution in [0.25, 0.3) is 0 Å². The molecule has 1 aliphatic carbocycles. The lowest BCUT2D eigenvalue weighted by molar-refractivity contribution is -0.139. The van der Waals surface area contributed by atoms with Crippen molar-refractivity contribution in [1.82, 2.24) is 10.2 Å². The molecular weight excluding hydrogens is 618 g/mol. The SMILES string of the molecule is COc1cccc(CN(C(=O)CN(c2ccc(Br)cc2)S(=O)(=O)c2ccc(C)cc2)C(C)C(=O)NC2CCCCC2)c1. The summed E-state index contributed by atoms with van der Waals surface area (Å²) < 4.78 is 35.1. The lowest BCUT2D eigenvalue weighted by atomic mass is 9.95. The second-order valence-electron chi connectivity index (χ2n) is 10.7. The lowest BCUT2D eigenvalue weighted by Gasteiger charge is -2.33. The van der Waals surface area contributed by atoms with E-state index in [0.717, 1.165) is 52.0 Å². The molecule has 0 saturated heterocycles. The van der Waals surface area contributed by atoms with Crippen molar-refractivity contribution in [3.8, 4) is 5.75 Å². The van der Waals surface area contributed by atoms with E-state index < -0.39 is 28.5 Å². The number of benzene rings is 3. The topological polar surface area (TPSA) is 96.0 Å². The summed E-state index contributed by atoms with van der Waals surface area (Å²) in [6.07, 6.45) is 5.10. The predicted molar refractivity (Wildman–Crippen MR) is 168 cm³/mol. The average Bonchev–Trinajstić information content (AvgIpc) is 2.99. The molecule has 8 nitrogen and oxygen atoms in total. The molecule has 1 fully saturated rings. The van der Waals surface area contributed by atoms with Crippen LogP contribution in [0.5, 0.6) is 5.75 Å². The Kier molecular flexibility index (Phi) is 10.7. The molecule has 42 heavy (non-hydrogen) atoms. The summed E-state index contributed by atoms with van der Waals surface area (Å²) in [5.41, 5.74) is 2.02. The van der Waals surface area contributed by atoms with Gasteiger partial charge in [-0.25, -0.2) is 8.42 Å². The molecule has 224 valence electrons. The van der Waals surface area contributed by atoms with E-state index in [1.165, 1.54) is 17.0 Å². The fourth-order valence-corrected chi connectivity index (χ4v) is 6.77. The highest BCUT2D eigenvalue weighted by molar-refractivity contribution is 9.10. The van der Waals surface area contributed by atoms with Crippen molar-refractivity contribution in [3.05, 3.63) is 88.4 Å². The van der Waals surface area contributed by atoms with Crippen LogP contribution in [0.3, 0.4) is 0 Å². The van der Waals surface area contributed by atoms with Crippen LogP contribution in [0, 0.1) is 6.92 Å². The van der Waals surface area contributed by atoms with Crippen LogP contribution in [0.2, 0.25) is 0 Å². The zero-order valence-corrected chi connectivity index (χ0v) is 26.7. The van der Waals surface area contributed by atoms with Crippen molar-refractivity contribution >= 4 is 43.5 Å². The number of sulfonamides is 1. The van der Waals surface area contributed by atoms with E-state index in [4.69, 9.17) is 4.74 Å². The molecule has 0 radical (unpaired) electrons. The average molecular weight is 657 g/mol. The van der Waals surface area contributed by atoms with E-state index in [1.807, 2.05) is 25.1 Å². The molecule has 3 aromatic carbocycles. The fourth-order valence-electron chi connectivity index (χ4n) is 5.09. The largest absolute Gasteiger partial charge is 0.497 e. The zero-order valence-electron chi connectivity index (χ0n) is 24.3. The number of carbonyl (C=O) groups is 2. The summed E-state index contributed by atoms with van der Waals surface area (Å²) in [6.45, 7) is 3.19. The standard InChI is InChI=1S/C32H38BrN3O5S/c1-23-12-18-30(19-13-23)42(39,40)36(28-16-14-26(33)15-17-28)22-31(37)35(21-25-8-7-11-29(20-25)41-3)24(2)32(38)34-27-9-5-4-6-10-27/h7-8,11-20,24,27H,4-6,9-10,21-22H2,1-3H3,(H,34,38).